The monoisotopic (exact) mass is 245 g/mol. The fourth-order valence-electron chi connectivity index (χ4n) is 2.97. The Hall–Kier alpha value is -0.860. The molecule has 18 heavy (non-hydrogen) atoms. The first-order valence-electron chi connectivity index (χ1n) is 7.27. The maximum absolute atomic E-state index is 10.2. The highest BCUT2D eigenvalue weighted by atomic mass is 16.3. The number of hydrogen-bond acceptors (Lipinski definition) is 2. The van der Waals surface area contributed by atoms with Crippen LogP contribution in [-0.4, -0.2) is 17.3 Å². The van der Waals surface area contributed by atoms with Gasteiger partial charge in [-0.1, -0.05) is 37.1 Å². The molecule has 2 fully saturated rings. The average molecular weight is 245 g/mol. The molecule has 0 radical (unpaired) electrons. The van der Waals surface area contributed by atoms with Crippen molar-refractivity contribution in [3.05, 3.63) is 35.4 Å². The van der Waals surface area contributed by atoms with Gasteiger partial charge in [0.15, 0.2) is 0 Å². The minimum atomic E-state index is -0.437. The minimum absolute atomic E-state index is 0.437. The molecule has 0 aromatic heterocycles. The van der Waals surface area contributed by atoms with E-state index in [1.54, 1.807) is 0 Å². The van der Waals surface area contributed by atoms with Crippen LogP contribution in [0, 0.1) is 0 Å². The summed E-state index contributed by atoms with van der Waals surface area (Å²) in [6.45, 7) is 1.60. The zero-order valence-corrected chi connectivity index (χ0v) is 11.0. The predicted molar refractivity (Wildman–Crippen MR) is 73.5 cm³/mol. The molecule has 0 aliphatic heterocycles. The van der Waals surface area contributed by atoms with Crippen molar-refractivity contribution in [1.29, 1.82) is 0 Å². The lowest BCUT2D eigenvalue weighted by molar-refractivity contribution is 0.0475. The van der Waals surface area contributed by atoms with Crippen molar-refractivity contribution in [2.24, 2.45) is 0 Å². The lowest BCUT2D eigenvalue weighted by Gasteiger charge is -2.22. The number of nitrogens with one attached hydrogen (secondary N) is 1. The van der Waals surface area contributed by atoms with Crippen LogP contribution in [0.2, 0.25) is 0 Å². The molecule has 2 nitrogen and oxygen atoms in total. The van der Waals surface area contributed by atoms with Crippen molar-refractivity contribution >= 4 is 0 Å². The first-order valence-corrected chi connectivity index (χ1v) is 7.27. The van der Waals surface area contributed by atoms with Gasteiger partial charge in [0.2, 0.25) is 0 Å². The fourth-order valence-corrected chi connectivity index (χ4v) is 2.97. The van der Waals surface area contributed by atoms with Crippen molar-refractivity contribution in [3.8, 4) is 0 Å². The first kappa shape index (κ1) is 12.2. The molecule has 2 aliphatic carbocycles. The normalized spacial score (nSPS) is 22.3. The third-order valence-corrected chi connectivity index (χ3v) is 4.35. The van der Waals surface area contributed by atoms with E-state index in [9.17, 15) is 5.11 Å². The Balaban J connectivity index is 1.47. The largest absolute Gasteiger partial charge is 0.389 e. The van der Waals surface area contributed by atoms with Crippen LogP contribution in [0.25, 0.3) is 0 Å². The highest BCUT2D eigenvalue weighted by Gasteiger charge is 2.30. The second-order valence-corrected chi connectivity index (χ2v) is 6.05. The van der Waals surface area contributed by atoms with Crippen LogP contribution in [0.1, 0.15) is 55.6 Å². The van der Waals surface area contributed by atoms with Gasteiger partial charge < -0.3 is 10.4 Å². The number of rotatable bonds is 5. The summed E-state index contributed by atoms with van der Waals surface area (Å²) in [5.74, 6) is 0.839. The molecule has 1 aromatic rings. The van der Waals surface area contributed by atoms with Gasteiger partial charge in [0, 0.05) is 13.1 Å². The maximum atomic E-state index is 10.2. The molecule has 0 amide bonds. The topological polar surface area (TPSA) is 32.3 Å². The summed E-state index contributed by atoms with van der Waals surface area (Å²) in [6, 6.07) is 8.97. The van der Waals surface area contributed by atoms with Crippen LogP contribution < -0.4 is 5.32 Å². The molecule has 1 aromatic carbocycles. The summed E-state index contributed by atoms with van der Waals surface area (Å²) < 4.78 is 0. The molecule has 2 aliphatic rings. The van der Waals surface area contributed by atoms with E-state index in [-0.39, 0.29) is 0 Å². The summed E-state index contributed by atoms with van der Waals surface area (Å²) in [4.78, 5) is 0. The van der Waals surface area contributed by atoms with Crippen LogP contribution in [0.5, 0.6) is 0 Å². The quantitative estimate of drug-likeness (QED) is 0.836. The average Bonchev–Trinajstić information content (AvgIpc) is 3.14. The molecule has 0 atom stereocenters. The molecule has 2 saturated carbocycles. The van der Waals surface area contributed by atoms with Crippen LogP contribution in [0.15, 0.2) is 24.3 Å². The molecular weight excluding hydrogens is 222 g/mol. The van der Waals surface area contributed by atoms with Gasteiger partial charge in [0.1, 0.15) is 0 Å². The minimum Gasteiger partial charge on any atom is -0.389 e. The van der Waals surface area contributed by atoms with Crippen LogP contribution >= 0.6 is 0 Å². The molecule has 98 valence electrons. The van der Waals surface area contributed by atoms with Crippen molar-refractivity contribution < 1.29 is 5.11 Å². The van der Waals surface area contributed by atoms with Gasteiger partial charge in [-0.25, -0.2) is 0 Å². The summed E-state index contributed by atoms with van der Waals surface area (Å²) in [7, 11) is 0. The summed E-state index contributed by atoms with van der Waals surface area (Å²) in [5.41, 5.74) is 2.38. The van der Waals surface area contributed by atoms with E-state index in [1.165, 1.54) is 36.8 Å². The highest BCUT2D eigenvalue weighted by molar-refractivity contribution is 5.27. The Morgan fingerprint density at radius 2 is 1.78 bits per heavy atom. The zero-order valence-electron chi connectivity index (χ0n) is 11.0. The third kappa shape index (κ3) is 2.93. The Kier molecular flexibility index (Phi) is 3.40. The van der Waals surface area contributed by atoms with Gasteiger partial charge in [-0.3, -0.25) is 0 Å². The van der Waals surface area contributed by atoms with Gasteiger partial charge in [0.25, 0.3) is 0 Å². The smallest absolute Gasteiger partial charge is 0.0771 e. The van der Waals surface area contributed by atoms with Gasteiger partial charge in [0.05, 0.1) is 5.60 Å². The molecule has 0 saturated heterocycles. The first-order chi connectivity index (χ1) is 8.75. The van der Waals surface area contributed by atoms with Crippen molar-refractivity contribution in [2.75, 3.05) is 6.54 Å². The lowest BCUT2D eigenvalue weighted by Crippen LogP contribution is -2.37. The van der Waals surface area contributed by atoms with Crippen LogP contribution in [0.3, 0.4) is 0 Å². The summed E-state index contributed by atoms with van der Waals surface area (Å²) >= 11 is 0. The maximum Gasteiger partial charge on any atom is 0.0771 e. The second kappa shape index (κ2) is 5.02. The SMILES string of the molecule is OC1(CNCc2ccc(C3CC3)cc2)CCCC1. The van der Waals surface area contributed by atoms with Crippen LogP contribution in [-0.2, 0) is 6.54 Å². The fraction of sp³-hybridized carbons (Fsp3) is 0.625. The summed E-state index contributed by atoms with van der Waals surface area (Å²) in [6.07, 6.45) is 7.00. The Labute approximate surface area is 109 Å². The number of benzene rings is 1. The zero-order chi connectivity index (χ0) is 12.4. The van der Waals surface area contributed by atoms with E-state index in [1.807, 2.05) is 0 Å². The highest BCUT2D eigenvalue weighted by Crippen LogP contribution is 2.39. The van der Waals surface area contributed by atoms with Crippen molar-refractivity contribution in [1.82, 2.24) is 5.32 Å². The second-order valence-electron chi connectivity index (χ2n) is 6.05. The van der Waals surface area contributed by atoms with Gasteiger partial charge in [-0.05, 0) is 42.7 Å². The van der Waals surface area contributed by atoms with E-state index in [0.717, 1.165) is 31.8 Å². The van der Waals surface area contributed by atoms with E-state index in [4.69, 9.17) is 0 Å². The van der Waals surface area contributed by atoms with Crippen molar-refractivity contribution in [3.63, 3.8) is 0 Å². The molecule has 0 unspecified atom stereocenters. The number of aliphatic hydroxyl groups is 1. The van der Waals surface area contributed by atoms with Crippen molar-refractivity contribution in [2.45, 2.75) is 56.6 Å². The summed E-state index contributed by atoms with van der Waals surface area (Å²) in [5, 5.41) is 13.6. The van der Waals surface area contributed by atoms with E-state index < -0.39 is 5.60 Å². The molecule has 0 spiro atoms. The predicted octanol–water partition coefficient (Wildman–Crippen LogP) is 2.96. The van der Waals surface area contributed by atoms with Gasteiger partial charge in [-0.2, -0.15) is 0 Å². The van der Waals surface area contributed by atoms with E-state index in [0.29, 0.717) is 0 Å². The van der Waals surface area contributed by atoms with E-state index >= 15 is 0 Å². The van der Waals surface area contributed by atoms with E-state index in [2.05, 4.69) is 29.6 Å². The Bertz CT molecular complexity index is 388. The lowest BCUT2D eigenvalue weighted by atomic mass is 10.0. The number of hydrogen-bond donors (Lipinski definition) is 2. The molecule has 2 N–H and O–H groups in total. The molecule has 2 heteroatoms. The van der Waals surface area contributed by atoms with Gasteiger partial charge >= 0.3 is 0 Å². The molecule has 0 heterocycles. The van der Waals surface area contributed by atoms with Crippen LogP contribution in [0.4, 0.5) is 0 Å². The standard InChI is InChI=1S/C16H23NO/c18-16(9-1-2-10-16)12-17-11-13-3-5-14(6-4-13)15-7-8-15/h3-6,15,17-18H,1-2,7-12H2. The molecule has 0 bridgehead atoms. The molecular formula is C16H23NO. The van der Waals surface area contributed by atoms with Gasteiger partial charge in [-0.15, -0.1) is 0 Å². The Morgan fingerprint density at radius 3 is 2.39 bits per heavy atom. The molecule has 3 rings (SSSR count). The Morgan fingerprint density at radius 1 is 1.11 bits per heavy atom. The third-order valence-electron chi connectivity index (χ3n) is 4.35.